The van der Waals surface area contributed by atoms with Crippen molar-refractivity contribution in [2.75, 3.05) is 6.93 Å². The lowest BCUT2D eigenvalue weighted by Crippen LogP contribution is -1.99. The van der Waals surface area contributed by atoms with Gasteiger partial charge in [0.25, 0.3) is 0 Å². The molecule has 1 rings (SSSR count). The fraction of sp³-hybridized carbons (Fsp3) is 0.222. The number of benzene rings is 1. The molecule has 0 heterocycles. The Labute approximate surface area is 79.8 Å². The van der Waals surface area contributed by atoms with Crippen LogP contribution in [-0.4, -0.2) is 6.93 Å². The van der Waals surface area contributed by atoms with Crippen molar-refractivity contribution in [2.24, 2.45) is 5.73 Å². The first kappa shape index (κ1) is 12.5. The van der Waals surface area contributed by atoms with E-state index in [0.717, 1.165) is 0 Å². The maximum Gasteiger partial charge on any atom is 0.229 e. The largest absolute Gasteiger partial charge is 0.326 e. The molecule has 5 heteroatoms. The topological polar surface area (TPSA) is 49.8 Å². The zero-order valence-corrected chi connectivity index (χ0v) is 7.30. The zero-order chi connectivity index (χ0) is 11.0. The van der Waals surface area contributed by atoms with Gasteiger partial charge in [-0.15, -0.1) is 0 Å². The van der Waals surface area contributed by atoms with E-state index >= 15 is 0 Å². The van der Waals surface area contributed by atoms with Gasteiger partial charge in [0, 0.05) is 12.1 Å². The van der Waals surface area contributed by atoms with Gasteiger partial charge in [0.2, 0.25) is 6.93 Å². The van der Waals surface area contributed by atoms with Gasteiger partial charge >= 0.3 is 0 Å². The van der Waals surface area contributed by atoms with Crippen LogP contribution in [0.4, 0.5) is 13.2 Å². The summed E-state index contributed by atoms with van der Waals surface area (Å²) in [4.78, 5) is 0. The van der Waals surface area contributed by atoms with Crippen LogP contribution in [0.25, 0.3) is 0 Å². The van der Waals surface area contributed by atoms with Crippen LogP contribution in [0.15, 0.2) is 18.2 Å². The Morgan fingerprint density at radius 1 is 1.36 bits per heavy atom. The van der Waals surface area contributed by atoms with Gasteiger partial charge in [-0.05, 0) is 18.2 Å². The molecule has 0 saturated heterocycles. The Morgan fingerprint density at radius 3 is 2.36 bits per heavy atom. The minimum atomic E-state index is -1.75. The Kier molecular flexibility index (Phi) is 6.16. The highest BCUT2D eigenvalue weighted by molar-refractivity contribution is 5.33. The Hall–Kier alpha value is -1.54. The van der Waals surface area contributed by atoms with Crippen molar-refractivity contribution in [2.45, 2.75) is 6.54 Å². The van der Waals surface area contributed by atoms with Gasteiger partial charge in [-0.2, -0.15) is 5.26 Å². The van der Waals surface area contributed by atoms with Gasteiger partial charge in [-0.1, -0.05) is 0 Å². The second kappa shape index (κ2) is 6.92. The number of halogens is 3. The molecular weight excluding hydrogens is 193 g/mol. The Bertz CT molecular complexity index is 320. The van der Waals surface area contributed by atoms with Crippen molar-refractivity contribution < 1.29 is 13.2 Å². The number of hydrogen-bond donors (Lipinski definition) is 1. The lowest BCUT2D eigenvalue weighted by atomic mass is 10.1. The van der Waals surface area contributed by atoms with Gasteiger partial charge in [0.1, 0.15) is 5.82 Å². The average Bonchev–Trinajstić information content (AvgIpc) is 2.20. The summed E-state index contributed by atoms with van der Waals surface area (Å²) < 4.78 is 32.0. The normalized spacial score (nSPS) is 8.50. The lowest BCUT2D eigenvalue weighted by molar-refractivity contribution is 0.295. The lowest BCUT2D eigenvalue weighted by Gasteiger charge is -1.97. The van der Waals surface area contributed by atoms with Crippen molar-refractivity contribution >= 4 is 0 Å². The molecule has 0 atom stereocenters. The highest BCUT2D eigenvalue weighted by Crippen LogP contribution is 2.08. The molecule has 14 heavy (non-hydrogen) atoms. The predicted molar refractivity (Wildman–Crippen MR) is 46.1 cm³/mol. The maximum atomic E-state index is 12.7. The monoisotopic (exact) mass is 202 g/mol. The molecule has 0 amide bonds. The molecule has 0 bridgehead atoms. The van der Waals surface area contributed by atoms with E-state index in [9.17, 15) is 13.2 Å². The molecule has 1 aromatic rings. The Morgan fingerprint density at radius 2 is 1.93 bits per heavy atom. The summed E-state index contributed by atoms with van der Waals surface area (Å²) in [6.07, 6.45) is 0. The maximum absolute atomic E-state index is 12.7. The van der Waals surface area contributed by atoms with Gasteiger partial charge in [0.05, 0.1) is 11.6 Å². The van der Waals surface area contributed by atoms with Crippen LogP contribution in [0.2, 0.25) is 0 Å². The second-order valence-corrected chi connectivity index (χ2v) is 2.22. The number of rotatable bonds is 1. The number of nitrogens with zero attached hydrogens (tertiary/aromatic N) is 1. The summed E-state index contributed by atoms with van der Waals surface area (Å²) >= 11 is 0. The number of nitriles is 1. The van der Waals surface area contributed by atoms with Crippen LogP contribution < -0.4 is 5.73 Å². The molecule has 0 radical (unpaired) electrons. The average molecular weight is 202 g/mol. The van der Waals surface area contributed by atoms with E-state index in [1.807, 2.05) is 6.07 Å². The zero-order valence-electron chi connectivity index (χ0n) is 7.30. The summed E-state index contributed by atoms with van der Waals surface area (Å²) in [5.41, 5.74) is 6.04. The third-order valence-electron chi connectivity index (χ3n) is 1.39. The predicted octanol–water partition coefficient (Wildman–Crippen LogP) is 2.04. The van der Waals surface area contributed by atoms with Gasteiger partial charge in [0.15, 0.2) is 0 Å². The van der Waals surface area contributed by atoms with Crippen molar-refractivity contribution in [1.29, 1.82) is 5.26 Å². The number of hydrogen-bond acceptors (Lipinski definition) is 2. The van der Waals surface area contributed by atoms with E-state index in [1.54, 1.807) is 0 Å². The minimum Gasteiger partial charge on any atom is -0.326 e. The summed E-state index contributed by atoms with van der Waals surface area (Å²) in [5.74, 6) is -0.355. The molecule has 76 valence electrons. The fourth-order valence-corrected chi connectivity index (χ4v) is 0.801. The molecule has 0 spiro atoms. The molecule has 0 unspecified atom stereocenters. The molecular formula is C9H9F3N2. The summed E-state index contributed by atoms with van der Waals surface area (Å²) in [5, 5.41) is 8.44. The van der Waals surface area contributed by atoms with Crippen LogP contribution in [-0.2, 0) is 6.54 Å². The van der Waals surface area contributed by atoms with Crippen LogP contribution in [0.5, 0.6) is 0 Å². The van der Waals surface area contributed by atoms with Gasteiger partial charge in [-0.3, -0.25) is 0 Å². The summed E-state index contributed by atoms with van der Waals surface area (Å²) in [6, 6.07) is 6.04. The molecule has 0 aliphatic heterocycles. The van der Waals surface area contributed by atoms with Crippen LogP contribution in [0.3, 0.4) is 0 Å². The molecule has 0 aromatic heterocycles. The van der Waals surface area contributed by atoms with E-state index in [0.29, 0.717) is 11.1 Å². The van der Waals surface area contributed by atoms with Crippen molar-refractivity contribution in [3.8, 4) is 6.07 Å². The third-order valence-corrected chi connectivity index (χ3v) is 1.39. The molecule has 2 N–H and O–H groups in total. The molecule has 0 fully saturated rings. The van der Waals surface area contributed by atoms with Gasteiger partial charge in [-0.25, -0.2) is 13.2 Å². The molecule has 2 nitrogen and oxygen atoms in total. The van der Waals surface area contributed by atoms with Crippen molar-refractivity contribution in [1.82, 2.24) is 0 Å². The first-order valence-corrected chi connectivity index (χ1v) is 3.70. The van der Waals surface area contributed by atoms with E-state index in [1.165, 1.54) is 18.2 Å². The Balaban J connectivity index is 0.000000500. The minimum absolute atomic E-state index is 0.126. The van der Waals surface area contributed by atoms with E-state index < -0.39 is 6.93 Å². The number of alkyl halides is 2. The van der Waals surface area contributed by atoms with Crippen LogP contribution >= 0.6 is 0 Å². The molecule has 0 saturated carbocycles. The molecule has 0 aliphatic carbocycles. The van der Waals surface area contributed by atoms with E-state index in [2.05, 4.69) is 0 Å². The van der Waals surface area contributed by atoms with E-state index in [4.69, 9.17) is 11.0 Å². The smallest absolute Gasteiger partial charge is 0.229 e. The summed E-state index contributed by atoms with van der Waals surface area (Å²) in [6.45, 7) is -1.62. The SMILES string of the molecule is FCF.N#Cc1ccc(F)c(CN)c1. The first-order chi connectivity index (χ1) is 6.69. The first-order valence-electron chi connectivity index (χ1n) is 3.70. The summed E-state index contributed by atoms with van der Waals surface area (Å²) in [7, 11) is 0. The molecule has 1 aromatic carbocycles. The van der Waals surface area contributed by atoms with Gasteiger partial charge < -0.3 is 5.73 Å². The highest BCUT2D eigenvalue weighted by Gasteiger charge is 1.99. The second-order valence-electron chi connectivity index (χ2n) is 2.22. The van der Waals surface area contributed by atoms with Crippen molar-refractivity contribution in [3.05, 3.63) is 35.1 Å². The van der Waals surface area contributed by atoms with E-state index in [-0.39, 0.29) is 12.4 Å². The standard InChI is InChI=1S/C8H7FN2.CH2F2/c9-8-2-1-6(4-10)3-7(8)5-11;2-1-3/h1-3H,5,11H2;1H2. The molecule has 0 aliphatic rings. The van der Waals surface area contributed by atoms with Crippen LogP contribution in [0.1, 0.15) is 11.1 Å². The van der Waals surface area contributed by atoms with Crippen molar-refractivity contribution in [3.63, 3.8) is 0 Å². The third kappa shape index (κ3) is 3.92. The fourth-order valence-electron chi connectivity index (χ4n) is 0.801. The quantitative estimate of drug-likeness (QED) is 0.757. The van der Waals surface area contributed by atoms with Crippen LogP contribution in [0, 0.1) is 17.1 Å². The highest BCUT2D eigenvalue weighted by atomic mass is 19.3. The number of nitrogens with two attached hydrogens (primary N) is 1.